The maximum atomic E-state index is 12.6. The van der Waals surface area contributed by atoms with Gasteiger partial charge in [0.05, 0.1) is 13.3 Å². The summed E-state index contributed by atoms with van der Waals surface area (Å²) in [5.41, 5.74) is 1.24. The Morgan fingerprint density at radius 2 is 2.13 bits per heavy atom. The highest BCUT2D eigenvalue weighted by Crippen LogP contribution is 2.29. The van der Waals surface area contributed by atoms with E-state index in [2.05, 4.69) is 25.6 Å². The Morgan fingerprint density at radius 1 is 1.30 bits per heavy atom. The van der Waals surface area contributed by atoms with Crippen LogP contribution >= 0.6 is 0 Å². The average Bonchev–Trinajstić information content (AvgIpc) is 3.16. The van der Waals surface area contributed by atoms with Crippen molar-refractivity contribution in [2.24, 2.45) is 0 Å². The zero-order valence-electron chi connectivity index (χ0n) is 16.0. The van der Waals surface area contributed by atoms with Crippen LogP contribution in [0.1, 0.15) is 21.6 Å². The van der Waals surface area contributed by atoms with Crippen LogP contribution in [0.5, 0.6) is 5.75 Å². The molecule has 10 nitrogen and oxygen atoms in total. The smallest absolute Gasteiger partial charge is 0.277 e. The van der Waals surface area contributed by atoms with E-state index >= 15 is 0 Å². The van der Waals surface area contributed by atoms with Crippen molar-refractivity contribution in [1.82, 2.24) is 25.0 Å². The topological polar surface area (TPSA) is 139 Å². The van der Waals surface area contributed by atoms with Gasteiger partial charge in [-0.05, 0) is 30.7 Å². The number of carbonyl (C=O) groups is 1. The first-order valence-electron chi connectivity index (χ1n) is 8.81. The Labute approximate surface area is 169 Å². The van der Waals surface area contributed by atoms with E-state index in [-0.39, 0.29) is 17.1 Å². The normalized spacial score (nSPS) is 10.6. The second-order valence-electron chi connectivity index (χ2n) is 6.34. The molecule has 1 aromatic carbocycles. The second-order valence-corrected chi connectivity index (χ2v) is 6.34. The number of pyridine rings is 1. The lowest BCUT2D eigenvalue weighted by molar-refractivity contribution is 0.102. The number of para-hydroxylation sites is 1. The van der Waals surface area contributed by atoms with E-state index in [0.717, 1.165) is 10.9 Å². The minimum absolute atomic E-state index is 0.0180. The van der Waals surface area contributed by atoms with Crippen LogP contribution in [0.25, 0.3) is 16.7 Å². The summed E-state index contributed by atoms with van der Waals surface area (Å²) in [6.45, 7) is 1.92. The van der Waals surface area contributed by atoms with Crippen molar-refractivity contribution in [1.29, 1.82) is 5.26 Å². The van der Waals surface area contributed by atoms with Gasteiger partial charge in [0.25, 0.3) is 11.5 Å². The summed E-state index contributed by atoms with van der Waals surface area (Å²) in [6, 6.07) is 11.9. The Bertz CT molecular complexity index is 1360. The van der Waals surface area contributed by atoms with Crippen LogP contribution in [0.2, 0.25) is 0 Å². The number of nitrogens with zero attached hydrogens (tertiary/aromatic N) is 5. The van der Waals surface area contributed by atoms with Gasteiger partial charge < -0.3 is 10.1 Å². The van der Waals surface area contributed by atoms with E-state index < -0.39 is 11.5 Å². The lowest BCUT2D eigenvalue weighted by Crippen LogP contribution is -2.20. The number of benzene rings is 1. The first kappa shape index (κ1) is 18.8. The minimum atomic E-state index is -0.611. The van der Waals surface area contributed by atoms with Gasteiger partial charge in [0.15, 0.2) is 11.6 Å². The number of ether oxygens (including phenoxy) is 1. The highest BCUT2D eigenvalue weighted by atomic mass is 16.5. The number of hydrogen-bond acceptors (Lipinski definition) is 7. The number of methoxy groups -OCH3 is 1. The van der Waals surface area contributed by atoms with E-state index in [1.54, 1.807) is 19.2 Å². The predicted molar refractivity (Wildman–Crippen MR) is 108 cm³/mol. The number of aryl methyl sites for hydroxylation is 1. The van der Waals surface area contributed by atoms with Crippen molar-refractivity contribution >= 4 is 22.6 Å². The van der Waals surface area contributed by atoms with Crippen LogP contribution in [0.4, 0.5) is 5.82 Å². The van der Waals surface area contributed by atoms with E-state index in [1.807, 2.05) is 25.1 Å². The summed E-state index contributed by atoms with van der Waals surface area (Å²) in [5.74, 6) is 0.514. The van der Waals surface area contributed by atoms with Crippen LogP contribution in [0, 0.1) is 18.3 Å². The number of H-pyrrole nitrogens is 1. The van der Waals surface area contributed by atoms with Crippen LogP contribution in [-0.4, -0.2) is 38.0 Å². The molecule has 0 aliphatic heterocycles. The molecule has 0 aliphatic rings. The third-order valence-corrected chi connectivity index (χ3v) is 4.47. The summed E-state index contributed by atoms with van der Waals surface area (Å²) in [5, 5.41) is 23.1. The largest absolute Gasteiger partial charge is 0.494 e. The van der Waals surface area contributed by atoms with Gasteiger partial charge in [-0.1, -0.05) is 12.1 Å². The Kier molecular flexibility index (Phi) is 4.69. The molecule has 1 amide bonds. The van der Waals surface area contributed by atoms with E-state index in [1.165, 1.54) is 23.0 Å². The van der Waals surface area contributed by atoms with Crippen LogP contribution in [0.15, 0.2) is 47.4 Å². The standard InChI is InChI=1S/C20H15N7O3/c1-11-8-16(23-18-13(11)4-3-5-15(18)30-2)27-19(12(9-21)10-22-27)24-20(29)14-6-7-17(28)26-25-14/h3-8,10H,1-2H3,(H,24,29)(H,26,28). The zero-order chi connectivity index (χ0) is 21.3. The molecule has 148 valence electrons. The molecule has 0 radical (unpaired) electrons. The van der Waals surface area contributed by atoms with Gasteiger partial charge in [-0.3, -0.25) is 9.59 Å². The van der Waals surface area contributed by atoms with Crippen LogP contribution in [0.3, 0.4) is 0 Å². The number of carbonyl (C=O) groups excluding carboxylic acids is 1. The van der Waals surface area contributed by atoms with E-state index in [9.17, 15) is 14.9 Å². The van der Waals surface area contributed by atoms with Gasteiger partial charge in [0, 0.05) is 11.5 Å². The van der Waals surface area contributed by atoms with Crippen LogP contribution < -0.4 is 15.6 Å². The number of rotatable bonds is 4. The van der Waals surface area contributed by atoms with E-state index in [4.69, 9.17) is 4.74 Å². The van der Waals surface area contributed by atoms with E-state index in [0.29, 0.717) is 17.1 Å². The molecule has 3 aromatic heterocycles. The maximum Gasteiger partial charge on any atom is 0.277 e. The van der Waals surface area contributed by atoms with Gasteiger partial charge >= 0.3 is 0 Å². The lowest BCUT2D eigenvalue weighted by Gasteiger charge is -2.12. The maximum absolute atomic E-state index is 12.6. The third kappa shape index (κ3) is 3.24. The number of nitrogens with one attached hydrogen (secondary N) is 2. The fourth-order valence-electron chi connectivity index (χ4n) is 3.01. The molecule has 30 heavy (non-hydrogen) atoms. The molecule has 4 aromatic rings. The predicted octanol–water partition coefficient (Wildman–Crippen LogP) is 1.94. The van der Waals surface area contributed by atoms with Crippen molar-refractivity contribution in [3.63, 3.8) is 0 Å². The summed E-state index contributed by atoms with van der Waals surface area (Å²) >= 11 is 0. The van der Waals surface area contributed by atoms with Gasteiger partial charge in [0.2, 0.25) is 0 Å². The molecular weight excluding hydrogens is 386 g/mol. The zero-order valence-corrected chi connectivity index (χ0v) is 16.0. The molecule has 0 fully saturated rings. The molecule has 4 rings (SSSR count). The molecular formula is C20H15N7O3. The molecule has 2 N–H and O–H groups in total. The van der Waals surface area contributed by atoms with Crippen molar-refractivity contribution in [2.75, 3.05) is 12.4 Å². The summed E-state index contributed by atoms with van der Waals surface area (Å²) in [4.78, 5) is 28.4. The Morgan fingerprint density at radius 3 is 2.83 bits per heavy atom. The fraction of sp³-hybridized carbons (Fsp3) is 0.100. The minimum Gasteiger partial charge on any atom is -0.494 e. The molecule has 0 atom stereocenters. The van der Waals surface area contributed by atoms with Crippen molar-refractivity contribution in [3.8, 4) is 17.6 Å². The highest BCUT2D eigenvalue weighted by molar-refractivity contribution is 6.03. The van der Waals surface area contributed by atoms with Crippen molar-refractivity contribution < 1.29 is 9.53 Å². The number of amides is 1. The van der Waals surface area contributed by atoms with Crippen molar-refractivity contribution in [2.45, 2.75) is 6.92 Å². The molecule has 10 heteroatoms. The second kappa shape index (κ2) is 7.48. The number of hydrogen-bond donors (Lipinski definition) is 2. The first-order chi connectivity index (χ1) is 14.5. The average molecular weight is 401 g/mol. The molecule has 3 heterocycles. The fourth-order valence-corrected chi connectivity index (χ4v) is 3.01. The van der Waals surface area contributed by atoms with Gasteiger partial charge in [-0.2, -0.15) is 20.1 Å². The SMILES string of the molecule is COc1cccc2c(C)cc(-n3ncc(C#N)c3NC(=O)c3ccc(=O)[nH]n3)nc12. The summed E-state index contributed by atoms with van der Waals surface area (Å²) in [6.07, 6.45) is 1.33. The molecule has 0 bridgehead atoms. The van der Waals surface area contributed by atoms with Crippen molar-refractivity contribution in [3.05, 3.63) is 69.8 Å². The number of aromatic amines is 1. The summed E-state index contributed by atoms with van der Waals surface area (Å²) in [7, 11) is 1.56. The van der Waals surface area contributed by atoms with Gasteiger partial charge in [0.1, 0.15) is 28.6 Å². The molecule has 0 unspecified atom stereocenters. The Balaban J connectivity index is 1.82. The molecule has 0 saturated carbocycles. The first-order valence-corrected chi connectivity index (χ1v) is 8.81. The quantitative estimate of drug-likeness (QED) is 0.533. The summed E-state index contributed by atoms with van der Waals surface area (Å²) < 4.78 is 6.77. The molecule has 0 aliphatic carbocycles. The van der Waals surface area contributed by atoms with Gasteiger partial charge in [-0.25, -0.2) is 10.1 Å². The lowest BCUT2D eigenvalue weighted by atomic mass is 10.1. The van der Waals surface area contributed by atoms with Gasteiger partial charge in [-0.15, -0.1) is 0 Å². The number of anilines is 1. The molecule has 0 spiro atoms. The molecule has 0 saturated heterocycles. The third-order valence-electron chi connectivity index (χ3n) is 4.47. The Hall–Kier alpha value is -4.52. The number of nitriles is 1. The number of aromatic nitrogens is 5. The highest BCUT2D eigenvalue weighted by Gasteiger charge is 2.19. The monoisotopic (exact) mass is 401 g/mol. The number of fused-ring (bicyclic) bond motifs is 1. The van der Waals surface area contributed by atoms with Crippen LogP contribution in [-0.2, 0) is 0 Å².